The Balaban J connectivity index is 2.42. The van der Waals surface area contributed by atoms with Crippen molar-refractivity contribution in [3.05, 3.63) is 0 Å². The monoisotopic (exact) mass is 228 g/mol. The van der Waals surface area contributed by atoms with Gasteiger partial charge in [-0.15, -0.1) is 5.06 Å². The second-order valence-electron chi connectivity index (χ2n) is 3.41. The molecule has 0 bridgehead atoms. The van der Waals surface area contributed by atoms with Gasteiger partial charge in [-0.3, -0.25) is 14.5 Å². The van der Waals surface area contributed by atoms with E-state index in [1.165, 1.54) is 4.90 Å². The fraction of sp³-hybridized carbons (Fsp3) is 0.556. The fourth-order valence-corrected chi connectivity index (χ4v) is 1.20. The quantitative estimate of drug-likeness (QED) is 0.430. The Morgan fingerprint density at radius 3 is 2.50 bits per heavy atom. The molecule has 1 rings (SSSR count). The van der Waals surface area contributed by atoms with Crippen LogP contribution in [0.4, 0.5) is 0 Å². The van der Waals surface area contributed by atoms with Crippen molar-refractivity contribution in [2.75, 3.05) is 20.1 Å². The predicted molar refractivity (Wildman–Crippen MR) is 50.7 cm³/mol. The zero-order valence-electron chi connectivity index (χ0n) is 8.84. The number of hydrogen-bond acceptors (Lipinski definition) is 6. The van der Waals surface area contributed by atoms with Gasteiger partial charge in [0.15, 0.2) is 0 Å². The maximum atomic E-state index is 11.2. The molecule has 7 heteroatoms. The summed E-state index contributed by atoms with van der Waals surface area (Å²) in [5.41, 5.74) is 0. The van der Waals surface area contributed by atoms with Crippen molar-refractivity contribution < 1.29 is 24.0 Å². The van der Waals surface area contributed by atoms with Crippen molar-refractivity contribution in [2.45, 2.75) is 12.8 Å². The third-order valence-corrected chi connectivity index (χ3v) is 1.98. The summed E-state index contributed by atoms with van der Waals surface area (Å²) < 4.78 is 0. The molecule has 1 aliphatic rings. The van der Waals surface area contributed by atoms with Gasteiger partial charge in [-0.2, -0.15) is 0 Å². The van der Waals surface area contributed by atoms with Gasteiger partial charge in [0.05, 0.1) is 13.1 Å². The minimum absolute atomic E-state index is 0.0658. The summed E-state index contributed by atoms with van der Waals surface area (Å²) in [5, 5.41) is 0.483. The number of amides is 2. The average Bonchev–Trinajstić information content (AvgIpc) is 2.49. The van der Waals surface area contributed by atoms with E-state index in [-0.39, 0.29) is 25.9 Å². The van der Waals surface area contributed by atoms with Crippen LogP contribution < -0.4 is 0 Å². The molecule has 0 unspecified atom stereocenters. The molecule has 1 saturated heterocycles. The van der Waals surface area contributed by atoms with Gasteiger partial charge in [0.2, 0.25) is 0 Å². The Kier molecular flexibility index (Phi) is 4.12. The minimum atomic E-state index is -0.743. The van der Waals surface area contributed by atoms with Crippen LogP contribution in [-0.4, -0.2) is 54.2 Å². The maximum absolute atomic E-state index is 11.2. The van der Waals surface area contributed by atoms with Gasteiger partial charge in [-0.25, -0.2) is 4.79 Å². The van der Waals surface area contributed by atoms with Crippen LogP contribution in [0.15, 0.2) is 0 Å². The predicted octanol–water partition coefficient (Wildman–Crippen LogP) is -1.28. The normalized spacial score (nSPS) is 15.8. The summed E-state index contributed by atoms with van der Waals surface area (Å²) in [4.78, 5) is 49.6. The lowest BCUT2D eigenvalue weighted by Gasteiger charge is -2.15. The second-order valence-corrected chi connectivity index (χ2v) is 3.41. The van der Waals surface area contributed by atoms with Gasteiger partial charge in [-0.05, 0) is 7.05 Å². The molecular formula is C9H12N2O5. The molecule has 7 nitrogen and oxygen atoms in total. The minimum Gasteiger partial charge on any atom is -0.329 e. The number of hydrogen-bond donors (Lipinski definition) is 0. The molecule has 0 aliphatic carbocycles. The van der Waals surface area contributed by atoms with Crippen molar-refractivity contribution in [3.63, 3.8) is 0 Å². The zero-order chi connectivity index (χ0) is 12.1. The maximum Gasteiger partial charge on any atom is 0.347 e. The Hall–Kier alpha value is -1.76. The second kappa shape index (κ2) is 5.36. The smallest absolute Gasteiger partial charge is 0.329 e. The van der Waals surface area contributed by atoms with Crippen molar-refractivity contribution in [1.29, 1.82) is 0 Å². The lowest BCUT2D eigenvalue weighted by atomic mass is 10.4. The molecule has 0 aromatic heterocycles. The molecule has 88 valence electrons. The van der Waals surface area contributed by atoms with E-state index < -0.39 is 17.8 Å². The van der Waals surface area contributed by atoms with Crippen LogP contribution >= 0.6 is 0 Å². The molecular weight excluding hydrogens is 216 g/mol. The Bertz CT molecular complexity index is 312. The first-order chi connectivity index (χ1) is 7.54. The molecule has 16 heavy (non-hydrogen) atoms. The summed E-state index contributed by atoms with van der Waals surface area (Å²) in [6, 6.07) is 0. The third kappa shape index (κ3) is 3.13. The van der Waals surface area contributed by atoms with Crippen LogP contribution in [-0.2, 0) is 24.0 Å². The molecule has 0 aromatic carbocycles. The number of carbonyl (C=O) groups excluding carboxylic acids is 4. The molecule has 0 spiro atoms. The van der Waals surface area contributed by atoms with Crippen molar-refractivity contribution in [1.82, 2.24) is 9.96 Å². The van der Waals surface area contributed by atoms with Crippen LogP contribution in [0.5, 0.6) is 0 Å². The molecule has 0 aromatic rings. The number of nitrogens with zero attached hydrogens (tertiary/aromatic N) is 2. The first kappa shape index (κ1) is 12.3. The Morgan fingerprint density at radius 2 is 2.00 bits per heavy atom. The lowest BCUT2D eigenvalue weighted by Crippen LogP contribution is -2.37. The van der Waals surface area contributed by atoms with E-state index in [0.717, 1.165) is 0 Å². The summed E-state index contributed by atoms with van der Waals surface area (Å²) in [5.74, 6) is -1.78. The van der Waals surface area contributed by atoms with Gasteiger partial charge >= 0.3 is 5.97 Å². The van der Waals surface area contributed by atoms with Gasteiger partial charge in [0.1, 0.15) is 6.29 Å². The first-order valence-electron chi connectivity index (χ1n) is 4.73. The number of likely N-dealkylation sites (N-methyl/N-ethyl adjacent to an activating group) is 1. The van der Waals surface area contributed by atoms with Crippen LogP contribution in [0, 0.1) is 0 Å². The zero-order valence-corrected chi connectivity index (χ0v) is 8.84. The van der Waals surface area contributed by atoms with E-state index in [1.807, 2.05) is 0 Å². The fourth-order valence-electron chi connectivity index (χ4n) is 1.20. The van der Waals surface area contributed by atoms with Crippen molar-refractivity contribution >= 4 is 24.1 Å². The van der Waals surface area contributed by atoms with Crippen LogP contribution in [0.25, 0.3) is 0 Å². The van der Waals surface area contributed by atoms with Crippen LogP contribution in [0.3, 0.4) is 0 Å². The topological polar surface area (TPSA) is 84.0 Å². The van der Waals surface area contributed by atoms with E-state index in [1.54, 1.807) is 7.05 Å². The van der Waals surface area contributed by atoms with Crippen molar-refractivity contribution in [3.8, 4) is 0 Å². The summed E-state index contributed by atoms with van der Waals surface area (Å²) in [7, 11) is 1.54. The summed E-state index contributed by atoms with van der Waals surface area (Å²) >= 11 is 0. The number of rotatable bonds is 5. The highest BCUT2D eigenvalue weighted by Crippen LogP contribution is 2.11. The molecule has 0 radical (unpaired) electrons. The largest absolute Gasteiger partial charge is 0.347 e. The van der Waals surface area contributed by atoms with Crippen LogP contribution in [0.1, 0.15) is 12.8 Å². The van der Waals surface area contributed by atoms with Crippen molar-refractivity contribution in [2.24, 2.45) is 0 Å². The average molecular weight is 228 g/mol. The van der Waals surface area contributed by atoms with E-state index >= 15 is 0 Å². The molecule has 1 aliphatic heterocycles. The highest BCUT2D eigenvalue weighted by atomic mass is 16.7. The van der Waals surface area contributed by atoms with Gasteiger partial charge in [-0.1, -0.05) is 0 Å². The number of hydroxylamine groups is 2. The van der Waals surface area contributed by atoms with E-state index in [2.05, 4.69) is 4.84 Å². The molecule has 0 N–H and O–H groups in total. The first-order valence-corrected chi connectivity index (χ1v) is 4.73. The summed E-state index contributed by atoms with van der Waals surface area (Å²) in [6.07, 6.45) is 0.770. The molecule has 0 saturated carbocycles. The third-order valence-electron chi connectivity index (χ3n) is 1.98. The van der Waals surface area contributed by atoms with Gasteiger partial charge in [0, 0.05) is 12.8 Å². The molecule has 2 amide bonds. The van der Waals surface area contributed by atoms with E-state index in [4.69, 9.17) is 0 Å². The number of imide groups is 1. The highest BCUT2D eigenvalue weighted by Gasteiger charge is 2.32. The number of aldehydes is 1. The van der Waals surface area contributed by atoms with E-state index in [9.17, 15) is 19.2 Å². The Morgan fingerprint density at radius 1 is 1.44 bits per heavy atom. The number of carbonyl (C=O) groups is 4. The Labute approximate surface area is 91.9 Å². The van der Waals surface area contributed by atoms with E-state index in [0.29, 0.717) is 11.3 Å². The standard InChI is InChI=1S/C9H12N2O5/c1-10(4-5-12)6-9(15)16-11-7(13)2-3-8(11)14/h5H,2-4,6H2,1H3. The summed E-state index contributed by atoms with van der Waals surface area (Å²) in [6.45, 7) is -0.0766. The van der Waals surface area contributed by atoms with Crippen LogP contribution in [0.2, 0.25) is 0 Å². The molecule has 0 atom stereocenters. The van der Waals surface area contributed by atoms with Gasteiger partial charge < -0.3 is 9.63 Å². The van der Waals surface area contributed by atoms with Gasteiger partial charge in [0.25, 0.3) is 11.8 Å². The lowest BCUT2D eigenvalue weighted by molar-refractivity contribution is -0.197. The highest BCUT2D eigenvalue weighted by molar-refractivity contribution is 6.01. The SMILES string of the molecule is CN(CC=O)CC(=O)ON1C(=O)CCC1=O. The molecule has 1 heterocycles. The molecule has 1 fully saturated rings.